The molecule has 7 heteroatoms. The number of anilines is 1. The number of benzene rings is 2. The molecule has 1 N–H and O–H groups in total. The number of nitrogens with zero attached hydrogens (tertiary/aromatic N) is 2. The summed E-state index contributed by atoms with van der Waals surface area (Å²) < 4.78 is 0. The molecule has 2 aromatic rings. The summed E-state index contributed by atoms with van der Waals surface area (Å²) in [6, 6.07) is 15.1. The molecule has 1 spiro atoms. The van der Waals surface area contributed by atoms with Gasteiger partial charge in [-0.15, -0.1) is 11.8 Å². The second-order valence-electron chi connectivity index (χ2n) is 8.47. The van der Waals surface area contributed by atoms with Crippen LogP contribution in [-0.2, 0) is 21.5 Å². The van der Waals surface area contributed by atoms with E-state index in [9.17, 15) is 14.4 Å². The van der Waals surface area contributed by atoms with E-state index >= 15 is 0 Å². The maximum Gasteiger partial charge on any atom is 0.325 e. The Morgan fingerprint density at radius 1 is 1.16 bits per heavy atom. The molecule has 160 valence electrons. The largest absolute Gasteiger partial charge is 0.325 e. The molecule has 4 amide bonds. The van der Waals surface area contributed by atoms with Crippen LogP contribution in [0.2, 0.25) is 0 Å². The number of fused-ring (bicyclic) bond motifs is 3. The molecule has 2 heterocycles. The first-order valence-corrected chi connectivity index (χ1v) is 11.7. The number of aryl methyl sites for hydroxylation is 1. The maximum absolute atomic E-state index is 13.5. The van der Waals surface area contributed by atoms with E-state index in [4.69, 9.17) is 0 Å². The van der Waals surface area contributed by atoms with Gasteiger partial charge in [0.1, 0.15) is 12.1 Å². The summed E-state index contributed by atoms with van der Waals surface area (Å²) in [5, 5.41) is 3.32. The van der Waals surface area contributed by atoms with Gasteiger partial charge in [0, 0.05) is 16.7 Å². The average Bonchev–Trinajstić information content (AvgIpc) is 2.90. The quantitative estimate of drug-likeness (QED) is 0.731. The lowest BCUT2D eigenvalue weighted by Crippen LogP contribution is -2.47. The Morgan fingerprint density at radius 3 is 2.81 bits per heavy atom. The Labute approximate surface area is 186 Å². The van der Waals surface area contributed by atoms with Crippen molar-refractivity contribution in [1.29, 1.82) is 0 Å². The predicted octanol–water partition coefficient (Wildman–Crippen LogP) is 3.69. The van der Waals surface area contributed by atoms with Crippen LogP contribution in [0.25, 0.3) is 0 Å². The van der Waals surface area contributed by atoms with E-state index in [1.807, 2.05) is 48.5 Å². The smallest absolute Gasteiger partial charge is 0.319 e. The molecule has 2 unspecified atom stereocenters. The van der Waals surface area contributed by atoms with E-state index in [0.717, 1.165) is 45.9 Å². The lowest BCUT2D eigenvalue weighted by Gasteiger charge is -2.33. The summed E-state index contributed by atoms with van der Waals surface area (Å²) in [5.41, 5.74) is 1.75. The Balaban J connectivity index is 1.42. The fourth-order valence-electron chi connectivity index (χ4n) is 4.92. The minimum Gasteiger partial charge on any atom is -0.319 e. The van der Waals surface area contributed by atoms with Gasteiger partial charge in [0.05, 0.1) is 5.69 Å². The number of hydrogen-bond donors (Lipinski definition) is 1. The van der Waals surface area contributed by atoms with Crippen LogP contribution in [-0.4, -0.2) is 41.1 Å². The van der Waals surface area contributed by atoms with Gasteiger partial charge in [0.2, 0.25) is 5.91 Å². The van der Waals surface area contributed by atoms with E-state index in [1.54, 1.807) is 16.7 Å². The third-order valence-electron chi connectivity index (χ3n) is 6.49. The second-order valence-corrected chi connectivity index (χ2v) is 9.95. The van der Waals surface area contributed by atoms with Gasteiger partial charge in [-0.05, 0) is 48.9 Å². The van der Waals surface area contributed by atoms with Gasteiger partial charge in [-0.25, -0.2) is 4.79 Å². The fourth-order valence-corrected chi connectivity index (χ4v) is 6.03. The minimum absolute atomic E-state index is 0.230. The van der Waals surface area contributed by atoms with E-state index < -0.39 is 11.6 Å². The van der Waals surface area contributed by atoms with Crippen LogP contribution in [0, 0.1) is 0 Å². The number of para-hydroxylation sites is 1. The molecule has 0 aromatic heterocycles. The van der Waals surface area contributed by atoms with Crippen molar-refractivity contribution in [3.63, 3.8) is 0 Å². The van der Waals surface area contributed by atoms with Gasteiger partial charge in [-0.2, -0.15) is 0 Å². The molecular weight excluding hydrogens is 410 g/mol. The molecule has 0 bridgehead atoms. The lowest BCUT2D eigenvalue weighted by atomic mass is 9.76. The molecule has 6 nitrogen and oxygen atoms in total. The van der Waals surface area contributed by atoms with Crippen molar-refractivity contribution in [2.45, 2.75) is 48.3 Å². The molecule has 3 aliphatic rings. The Bertz CT molecular complexity index is 1070. The normalized spacial score (nSPS) is 25.1. The first-order valence-electron chi connectivity index (χ1n) is 10.8. The Morgan fingerprint density at radius 2 is 1.94 bits per heavy atom. The first-order chi connectivity index (χ1) is 15.0. The highest BCUT2D eigenvalue weighted by atomic mass is 32.2. The van der Waals surface area contributed by atoms with Crippen molar-refractivity contribution in [1.82, 2.24) is 10.2 Å². The average molecular weight is 436 g/mol. The molecule has 5 rings (SSSR count). The Hall–Kier alpha value is -2.80. The number of hydrogen-bond acceptors (Lipinski definition) is 4. The van der Waals surface area contributed by atoms with Gasteiger partial charge in [0.25, 0.3) is 5.91 Å². The number of amides is 4. The molecule has 1 saturated heterocycles. The summed E-state index contributed by atoms with van der Waals surface area (Å²) in [6.07, 6.45) is 3.11. The number of carbonyl (C=O) groups is 3. The van der Waals surface area contributed by atoms with Gasteiger partial charge < -0.3 is 10.2 Å². The number of nitrogens with one attached hydrogen (secondary N) is 1. The van der Waals surface area contributed by atoms with Crippen LogP contribution in [0.4, 0.5) is 10.5 Å². The van der Waals surface area contributed by atoms with E-state index in [0.29, 0.717) is 18.2 Å². The molecule has 2 atom stereocenters. The zero-order chi connectivity index (χ0) is 21.6. The summed E-state index contributed by atoms with van der Waals surface area (Å²) in [6.45, 7) is 2.47. The van der Waals surface area contributed by atoms with Crippen molar-refractivity contribution < 1.29 is 14.4 Å². The first kappa shape index (κ1) is 20.1. The van der Waals surface area contributed by atoms with Gasteiger partial charge in [0.15, 0.2) is 0 Å². The summed E-state index contributed by atoms with van der Waals surface area (Å²) in [7, 11) is 0. The van der Waals surface area contributed by atoms with E-state index in [2.05, 4.69) is 12.2 Å². The molecule has 2 aliphatic heterocycles. The van der Waals surface area contributed by atoms with Crippen molar-refractivity contribution in [2.75, 3.05) is 18.0 Å². The fraction of sp³-hybridized carbons (Fsp3) is 0.375. The minimum atomic E-state index is -1.05. The monoisotopic (exact) mass is 435 g/mol. The molecule has 0 radical (unpaired) electrons. The summed E-state index contributed by atoms with van der Waals surface area (Å²) in [5.74, 6) is -0.546. The van der Waals surface area contributed by atoms with Crippen LogP contribution in [0.5, 0.6) is 0 Å². The molecule has 1 aliphatic carbocycles. The van der Waals surface area contributed by atoms with E-state index in [-0.39, 0.29) is 18.4 Å². The van der Waals surface area contributed by atoms with Gasteiger partial charge >= 0.3 is 6.03 Å². The molecule has 0 saturated carbocycles. The van der Waals surface area contributed by atoms with Crippen LogP contribution in [0.15, 0.2) is 53.4 Å². The van der Waals surface area contributed by atoms with Gasteiger partial charge in [-0.1, -0.05) is 43.3 Å². The lowest BCUT2D eigenvalue weighted by molar-refractivity contribution is -0.135. The third-order valence-corrected chi connectivity index (χ3v) is 7.73. The predicted molar refractivity (Wildman–Crippen MR) is 120 cm³/mol. The van der Waals surface area contributed by atoms with Crippen molar-refractivity contribution in [2.24, 2.45) is 0 Å². The zero-order valence-electron chi connectivity index (χ0n) is 17.5. The third kappa shape index (κ3) is 3.31. The second kappa shape index (κ2) is 7.71. The van der Waals surface area contributed by atoms with Crippen LogP contribution >= 0.6 is 11.8 Å². The highest BCUT2D eigenvalue weighted by Gasteiger charge is 2.54. The van der Waals surface area contributed by atoms with E-state index in [1.165, 1.54) is 0 Å². The van der Waals surface area contributed by atoms with Crippen molar-refractivity contribution in [3.8, 4) is 0 Å². The summed E-state index contributed by atoms with van der Waals surface area (Å²) in [4.78, 5) is 43.6. The standard InChI is InChI=1S/C24H25N3O3S/c1-16-12-14-26(19-10-4-5-11-20(19)31-16)21(28)15-27-22(29)24(25-23(27)30)13-6-8-17-7-2-3-9-18(17)24/h2-5,7,9-11,16H,6,8,12-15H2,1H3,(H,25,30). The molecular formula is C24H25N3O3S. The van der Waals surface area contributed by atoms with Crippen LogP contribution < -0.4 is 10.2 Å². The van der Waals surface area contributed by atoms with Crippen LogP contribution in [0.3, 0.4) is 0 Å². The number of imide groups is 1. The highest BCUT2D eigenvalue weighted by Crippen LogP contribution is 2.40. The zero-order valence-corrected chi connectivity index (χ0v) is 18.3. The molecule has 2 aromatic carbocycles. The van der Waals surface area contributed by atoms with Gasteiger partial charge in [-0.3, -0.25) is 14.5 Å². The number of carbonyl (C=O) groups excluding carboxylic acids is 3. The van der Waals surface area contributed by atoms with Crippen molar-refractivity contribution in [3.05, 3.63) is 59.7 Å². The topological polar surface area (TPSA) is 69.7 Å². The number of thioether (sulfide) groups is 1. The highest BCUT2D eigenvalue weighted by molar-refractivity contribution is 8.00. The number of rotatable bonds is 2. The van der Waals surface area contributed by atoms with Crippen molar-refractivity contribution >= 4 is 35.3 Å². The number of urea groups is 1. The maximum atomic E-state index is 13.5. The summed E-state index contributed by atoms with van der Waals surface area (Å²) >= 11 is 1.75. The molecule has 1 fully saturated rings. The Kier molecular flexibility index (Phi) is 5.01. The molecule has 31 heavy (non-hydrogen) atoms. The van der Waals surface area contributed by atoms with Crippen LogP contribution in [0.1, 0.15) is 37.3 Å². The SMILES string of the molecule is CC1CCN(C(=O)CN2C(=O)NC3(CCCc4ccccc43)C2=O)c2ccccc2S1.